The predicted octanol–water partition coefficient (Wildman–Crippen LogP) is 1.64. The lowest BCUT2D eigenvalue weighted by molar-refractivity contribution is -0.124. The van der Waals surface area contributed by atoms with Gasteiger partial charge >= 0.3 is 0 Å². The molecular weight excluding hydrogens is 361 g/mol. The molecule has 1 fully saturated rings. The van der Waals surface area contributed by atoms with Crippen LogP contribution in [0.3, 0.4) is 0 Å². The first-order chi connectivity index (χ1) is 12.9. The third-order valence-corrected chi connectivity index (χ3v) is 4.57. The first-order valence-electron chi connectivity index (χ1n) is 8.47. The largest absolute Gasteiger partial charge is 0.394 e. The average molecular weight is 380 g/mol. The van der Waals surface area contributed by atoms with Gasteiger partial charge in [0, 0.05) is 6.54 Å². The van der Waals surface area contributed by atoms with E-state index in [1.165, 1.54) is 24.3 Å². The van der Waals surface area contributed by atoms with Crippen molar-refractivity contribution >= 4 is 5.91 Å². The Bertz CT molecular complexity index is 830. The highest BCUT2D eigenvalue weighted by Crippen LogP contribution is 2.28. The summed E-state index contributed by atoms with van der Waals surface area (Å²) >= 11 is 0. The van der Waals surface area contributed by atoms with Gasteiger partial charge in [-0.15, -0.1) is 0 Å². The van der Waals surface area contributed by atoms with Crippen molar-refractivity contribution in [2.24, 2.45) is 0 Å². The first-order valence-corrected chi connectivity index (χ1v) is 8.47. The van der Waals surface area contributed by atoms with Crippen LogP contribution in [0.15, 0.2) is 36.4 Å². The lowest BCUT2D eigenvalue weighted by Crippen LogP contribution is -2.42. The lowest BCUT2D eigenvalue weighted by Gasteiger charge is -2.20. The third-order valence-electron chi connectivity index (χ3n) is 4.57. The highest BCUT2D eigenvalue weighted by molar-refractivity contribution is 5.82. The second kappa shape index (κ2) is 8.08. The summed E-state index contributed by atoms with van der Waals surface area (Å²) in [5, 5.41) is 24.6. The third kappa shape index (κ3) is 4.13. The van der Waals surface area contributed by atoms with Gasteiger partial charge in [0.05, 0.1) is 30.4 Å². The van der Waals surface area contributed by atoms with Crippen molar-refractivity contribution < 1.29 is 28.2 Å². The average Bonchev–Trinajstić information content (AvgIpc) is 3.10. The number of rotatable bonds is 5. The summed E-state index contributed by atoms with van der Waals surface area (Å²) in [6.45, 7) is -0.0651. The van der Waals surface area contributed by atoms with Crippen LogP contribution in [-0.4, -0.2) is 41.4 Å². The number of aliphatic hydroxyl groups excluding tert-OH is 2. The van der Waals surface area contributed by atoms with Crippen molar-refractivity contribution in [3.05, 3.63) is 59.4 Å². The number of carbonyl (C=O) groups excluding carboxylic acids is 1. The Morgan fingerprint density at radius 2 is 1.81 bits per heavy atom. The van der Waals surface area contributed by atoms with E-state index in [0.717, 1.165) is 6.07 Å². The zero-order valence-corrected chi connectivity index (χ0v) is 14.3. The second-order valence-corrected chi connectivity index (χ2v) is 6.43. The quantitative estimate of drug-likeness (QED) is 0.595. The van der Waals surface area contributed by atoms with Gasteiger partial charge in [0.2, 0.25) is 5.91 Å². The minimum Gasteiger partial charge on any atom is -0.394 e. The topological polar surface area (TPSA) is 81.6 Å². The number of carbonyl (C=O) groups is 1. The standard InChI is InChI=1S/C19H19F3N2O3/c20-13-5-6-14(21)18(22)17(13)11-3-1-10(2-4-11)16(9-25)24-19(27)15-7-12(26)8-23-15/h1-6,12,15-16,23,25-26H,7-9H2,(H,24,27)/t12?,15?,16-/m0/s1. The molecule has 0 aliphatic carbocycles. The molecule has 2 unspecified atom stereocenters. The van der Waals surface area contributed by atoms with Gasteiger partial charge in [-0.2, -0.15) is 0 Å². The maximum atomic E-state index is 13.9. The fourth-order valence-electron chi connectivity index (χ4n) is 3.10. The lowest BCUT2D eigenvalue weighted by atomic mass is 9.99. The van der Waals surface area contributed by atoms with Crippen molar-refractivity contribution in [2.75, 3.05) is 13.2 Å². The van der Waals surface area contributed by atoms with Gasteiger partial charge in [0.25, 0.3) is 0 Å². The van der Waals surface area contributed by atoms with Crippen molar-refractivity contribution in [1.29, 1.82) is 0 Å². The summed E-state index contributed by atoms with van der Waals surface area (Å²) in [5.74, 6) is -3.68. The second-order valence-electron chi connectivity index (χ2n) is 6.43. The number of benzene rings is 2. The van der Waals surface area contributed by atoms with Gasteiger partial charge in [0.1, 0.15) is 5.82 Å². The van der Waals surface area contributed by atoms with E-state index in [9.17, 15) is 28.2 Å². The summed E-state index contributed by atoms with van der Waals surface area (Å²) in [6.07, 6.45) is -0.315. The number of halogens is 3. The van der Waals surface area contributed by atoms with E-state index in [-0.39, 0.29) is 24.5 Å². The van der Waals surface area contributed by atoms with Crippen LogP contribution in [0.25, 0.3) is 11.1 Å². The molecule has 0 saturated carbocycles. The summed E-state index contributed by atoms with van der Waals surface area (Å²) in [7, 11) is 0. The van der Waals surface area contributed by atoms with Crippen molar-refractivity contribution in [1.82, 2.24) is 10.6 Å². The highest BCUT2D eigenvalue weighted by Gasteiger charge is 2.29. The Balaban J connectivity index is 1.77. The molecule has 1 heterocycles. The maximum absolute atomic E-state index is 13.9. The molecule has 0 radical (unpaired) electrons. The van der Waals surface area contributed by atoms with Crippen LogP contribution in [0.5, 0.6) is 0 Å². The minimum atomic E-state index is -1.28. The molecule has 0 bridgehead atoms. The van der Waals surface area contributed by atoms with Gasteiger partial charge in [-0.25, -0.2) is 13.2 Å². The molecule has 0 spiro atoms. The van der Waals surface area contributed by atoms with E-state index in [1.54, 1.807) is 0 Å². The molecule has 1 aliphatic rings. The first kappa shape index (κ1) is 19.3. The van der Waals surface area contributed by atoms with E-state index in [4.69, 9.17) is 0 Å². The van der Waals surface area contributed by atoms with E-state index >= 15 is 0 Å². The zero-order valence-electron chi connectivity index (χ0n) is 14.3. The predicted molar refractivity (Wildman–Crippen MR) is 92.1 cm³/mol. The van der Waals surface area contributed by atoms with Crippen LogP contribution in [-0.2, 0) is 4.79 Å². The molecule has 27 heavy (non-hydrogen) atoms. The van der Waals surface area contributed by atoms with Crippen LogP contribution in [0, 0.1) is 17.5 Å². The molecule has 1 saturated heterocycles. The van der Waals surface area contributed by atoms with Gasteiger partial charge in [-0.05, 0) is 29.7 Å². The van der Waals surface area contributed by atoms with Crippen LogP contribution < -0.4 is 10.6 Å². The number of β-amino-alcohol motifs (C(OH)–C–C–N with tert-alkyl or cyclic N) is 1. The number of hydrogen-bond acceptors (Lipinski definition) is 4. The van der Waals surface area contributed by atoms with Gasteiger partial charge in [-0.1, -0.05) is 24.3 Å². The molecule has 3 atom stereocenters. The van der Waals surface area contributed by atoms with E-state index in [1.807, 2.05) is 0 Å². The molecule has 3 rings (SSSR count). The van der Waals surface area contributed by atoms with E-state index in [0.29, 0.717) is 18.2 Å². The minimum absolute atomic E-state index is 0.136. The normalized spacial score (nSPS) is 20.5. The summed E-state index contributed by atoms with van der Waals surface area (Å²) in [6, 6.07) is 6.06. The van der Waals surface area contributed by atoms with Crippen LogP contribution >= 0.6 is 0 Å². The molecular formula is C19H19F3N2O3. The Labute approximate surface area is 153 Å². The fraction of sp³-hybridized carbons (Fsp3) is 0.316. The number of nitrogens with one attached hydrogen (secondary N) is 2. The van der Waals surface area contributed by atoms with Gasteiger partial charge < -0.3 is 20.8 Å². The monoisotopic (exact) mass is 380 g/mol. The maximum Gasteiger partial charge on any atom is 0.237 e. The molecule has 1 amide bonds. The smallest absolute Gasteiger partial charge is 0.237 e. The fourth-order valence-corrected chi connectivity index (χ4v) is 3.10. The van der Waals surface area contributed by atoms with Crippen molar-refractivity contribution in [3.8, 4) is 11.1 Å². The van der Waals surface area contributed by atoms with Crippen molar-refractivity contribution in [2.45, 2.75) is 24.6 Å². The van der Waals surface area contributed by atoms with Crippen LogP contribution in [0.1, 0.15) is 18.0 Å². The van der Waals surface area contributed by atoms with Crippen LogP contribution in [0.4, 0.5) is 13.2 Å². The molecule has 144 valence electrons. The number of hydrogen-bond donors (Lipinski definition) is 4. The Morgan fingerprint density at radius 1 is 1.15 bits per heavy atom. The van der Waals surface area contributed by atoms with E-state index < -0.39 is 41.2 Å². The summed E-state index contributed by atoms with van der Waals surface area (Å²) in [5.41, 5.74) is 0.178. The van der Waals surface area contributed by atoms with Gasteiger partial charge in [0.15, 0.2) is 11.6 Å². The molecule has 8 heteroatoms. The number of amides is 1. The SMILES string of the molecule is O=C(N[C@@H](CO)c1ccc(-c2c(F)ccc(F)c2F)cc1)C1CC(O)CN1. The highest BCUT2D eigenvalue weighted by atomic mass is 19.2. The van der Waals surface area contributed by atoms with Gasteiger partial charge in [-0.3, -0.25) is 4.79 Å². The molecule has 2 aromatic carbocycles. The summed E-state index contributed by atoms with van der Waals surface area (Å²) in [4.78, 5) is 12.2. The summed E-state index contributed by atoms with van der Waals surface area (Å²) < 4.78 is 41.2. The molecule has 1 aliphatic heterocycles. The van der Waals surface area contributed by atoms with E-state index in [2.05, 4.69) is 10.6 Å². The zero-order chi connectivity index (χ0) is 19.6. The molecule has 0 aromatic heterocycles. The Kier molecular flexibility index (Phi) is 5.79. The van der Waals surface area contributed by atoms with Crippen molar-refractivity contribution in [3.63, 3.8) is 0 Å². The molecule has 5 nitrogen and oxygen atoms in total. The van der Waals surface area contributed by atoms with Crippen LogP contribution in [0.2, 0.25) is 0 Å². The number of aliphatic hydroxyl groups is 2. The molecule has 4 N–H and O–H groups in total. The molecule has 2 aromatic rings. The Hall–Kier alpha value is -2.42. The Morgan fingerprint density at radius 3 is 2.41 bits per heavy atom.